The number of rotatable bonds is 4. The van der Waals surface area contributed by atoms with Crippen LogP contribution in [0.15, 0.2) is 0 Å². The average molecular weight is 186 g/mol. The van der Waals surface area contributed by atoms with Gasteiger partial charge in [-0.2, -0.15) is 0 Å². The highest BCUT2D eigenvalue weighted by Crippen LogP contribution is 2.23. The minimum absolute atomic E-state index is 0.541. The molecule has 0 amide bonds. The summed E-state index contributed by atoms with van der Waals surface area (Å²) >= 11 is 0. The van der Waals surface area contributed by atoms with Crippen molar-refractivity contribution in [3.63, 3.8) is 0 Å². The lowest BCUT2D eigenvalue weighted by molar-refractivity contribution is 0.363. The van der Waals surface area contributed by atoms with Crippen molar-refractivity contribution in [1.82, 2.24) is 0 Å². The molecule has 0 spiro atoms. The quantitative estimate of drug-likeness (QED) is 0.446. The van der Waals surface area contributed by atoms with Crippen molar-refractivity contribution in [1.29, 1.82) is 0 Å². The lowest BCUT2D eigenvalue weighted by Crippen LogP contribution is -2.18. The summed E-state index contributed by atoms with van der Waals surface area (Å²) in [5, 5.41) is 0. The minimum Gasteiger partial charge on any atom is -0.0695 e. The van der Waals surface area contributed by atoms with Crippen molar-refractivity contribution < 1.29 is 0 Å². The highest BCUT2D eigenvalue weighted by Gasteiger charge is 2.13. The van der Waals surface area contributed by atoms with Gasteiger partial charge in [-0.1, -0.05) is 59.3 Å². The van der Waals surface area contributed by atoms with Gasteiger partial charge in [-0.05, 0) is 11.8 Å². The van der Waals surface area contributed by atoms with Crippen LogP contribution in [-0.4, -0.2) is 8.07 Å². The van der Waals surface area contributed by atoms with E-state index in [0.29, 0.717) is 5.41 Å². The summed E-state index contributed by atoms with van der Waals surface area (Å²) in [6.07, 6.45) is 4.26. The molecule has 0 saturated heterocycles. The maximum atomic E-state index is 2.46. The van der Waals surface area contributed by atoms with Gasteiger partial charge in [0.25, 0.3) is 0 Å². The SMILES string of the molecule is CC(C)(C)CCCC[Si](C)(C)C. The molecular formula is C11H26Si. The standard InChI is InChI=1S/C11H26Si/c1-11(2,3)9-7-8-10-12(4,5)6/h7-10H2,1-6H3. The van der Waals surface area contributed by atoms with E-state index >= 15 is 0 Å². The average Bonchev–Trinajstić information content (AvgIpc) is 1.76. The van der Waals surface area contributed by atoms with E-state index < -0.39 is 8.07 Å². The molecule has 0 atom stereocenters. The van der Waals surface area contributed by atoms with Gasteiger partial charge in [0, 0.05) is 8.07 Å². The van der Waals surface area contributed by atoms with Crippen molar-refractivity contribution in [3.05, 3.63) is 0 Å². The molecule has 0 saturated carbocycles. The van der Waals surface area contributed by atoms with Gasteiger partial charge in [0.2, 0.25) is 0 Å². The van der Waals surface area contributed by atoms with E-state index in [1.54, 1.807) is 0 Å². The Bertz CT molecular complexity index is 97.9. The smallest absolute Gasteiger partial charge is 0.0442 e. The summed E-state index contributed by atoms with van der Waals surface area (Å²) in [5.74, 6) is 0. The fourth-order valence-corrected chi connectivity index (χ4v) is 2.62. The number of hydrogen-bond acceptors (Lipinski definition) is 0. The monoisotopic (exact) mass is 186 g/mol. The molecule has 1 heteroatoms. The van der Waals surface area contributed by atoms with Crippen LogP contribution >= 0.6 is 0 Å². The third-order valence-corrected chi connectivity index (χ3v) is 3.96. The van der Waals surface area contributed by atoms with Gasteiger partial charge in [-0.25, -0.2) is 0 Å². The van der Waals surface area contributed by atoms with Crippen LogP contribution in [-0.2, 0) is 0 Å². The molecule has 0 radical (unpaired) electrons. The normalized spacial score (nSPS) is 13.5. The van der Waals surface area contributed by atoms with E-state index in [4.69, 9.17) is 0 Å². The summed E-state index contributed by atoms with van der Waals surface area (Å²) in [7, 11) is -0.754. The van der Waals surface area contributed by atoms with Gasteiger partial charge in [0.1, 0.15) is 0 Å². The van der Waals surface area contributed by atoms with Crippen LogP contribution in [0.1, 0.15) is 40.0 Å². The maximum absolute atomic E-state index is 2.46. The first kappa shape index (κ1) is 12.2. The zero-order valence-electron chi connectivity index (χ0n) is 9.83. The van der Waals surface area contributed by atoms with E-state index in [2.05, 4.69) is 40.4 Å². The van der Waals surface area contributed by atoms with Crippen molar-refractivity contribution in [2.45, 2.75) is 65.7 Å². The van der Waals surface area contributed by atoms with E-state index in [9.17, 15) is 0 Å². The first-order valence-corrected chi connectivity index (χ1v) is 8.91. The molecular weight excluding hydrogens is 160 g/mol. The lowest BCUT2D eigenvalue weighted by atomic mass is 9.90. The van der Waals surface area contributed by atoms with Crippen LogP contribution in [0.25, 0.3) is 0 Å². The second-order valence-corrected chi connectivity index (χ2v) is 11.9. The zero-order chi connectivity index (χ0) is 9.83. The minimum atomic E-state index is -0.754. The van der Waals surface area contributed by atoms with Crippen LogP contribution in [0.4, 0.5) is 0 Å². The molecule has 0 aliphatic rings. The summed E-state index contributed by atoms with van der Waals surface area (Å²) in [4.78, 5) is 0. The molecule has 0 nitrogen and oxygen atoms in total. The Kier molecular flexibility index (Phi) is 4.53. The predicted octanol–water partition coefficient (Wildman–Crippen LogP) is 4.54. The summed E-state index contributed by atoms with van der Waals surface area (Å²) in [5.41, 5.74) is 0.541. The van der Waals surface area contributed by atoms with Gasteiger partial charge in [-0.3, -0.25) is 0 Å². The molecule has 0 bridgehead atoms. The Balaban J connectivity index is 3.35. The Morgan fingerprint density at radius 2 is 1.42 bits per heavy atom. The van der Waals surface area contributed by atoms with E-state index in [0.717, 1.165) is 0 Å². The lowest BCUT2D eigenvalue weighted by Gasteiger charge is -2.20. The molecule has 0 rings (SSSR count). The van der Waals surface area contributed by atoms with Crippen molar-refractivity contribution >= 4 is 8.07 Å². The summed E-state index contributed by atoms with van der Waals surface area (Å²) in [6.45, 7) is 14.4. The first-order chi connectivity index (χ1) is 5.21. The summed E-state index contributed by atoms with van der Waals surface area (Å²) < 4.78 is 0. The second-order valence-electron chi connectivity index (χ2n) is 6.33. The number of hydrogen-bond donors (Lipinski definition) is 0. The molecule has 12 heavy (non-hydrogen) atoms. The summed E-state index contributed by atoms with van der Waals surface area (Å²) in [6, 6.07) is 1.50. The maximum Gasteiger partial charge on any atom is 0.0442 e. The molecule has 0 unspecified atom stereocenters. The third-order valence-electron chi connectivity index (χ3n) is 2.10. The second kappa shape index (κ2) is 4.45. The van der Waals surface area contributed by atoms with Crippen LogP contribution in [0.3, 0.4) is 0 Å². The molecule has 0 aromatic carbocycles. The van der Waals surface area contributed by atoms with Crippen molar-refractivity contribution in [2.24, 2.45) is 5.41 Å². The van der Waals surface area contributed by atoms with Crippen LogP contribution in [0, 0.1) is 5.41 Å². The van der Waals surface area contributed by atoms with Crippen LogP contribution in [0.5, 0.6) is 0 Å². The van der Waals surface area contributed by atoms with Crippen molar-refractivity contribution in [3.8, 4) is 0 Å². The predicted molar refractivity (Wildman–Crippen MR) is 61.5 cm³/mol. The number of unbranched alkanes of at least 4 members (excludes halogenated alkanes) is 1. The van der Waals surface area contributed by atoms with Crippen LogP contribution in [0.2, 0.25) is 25.7 Å². The Hall–Kier alpha value is 0.217. The third kappa shape index (κ3) is 10.2. The van der Waals surface area contributed by atoms with E-state index in [1.807, 2.05) is 0 Å². The topological polar surface area (TPSA) is 0 Å². The largest absolute Gasteiger partial charge is 0.0695 e. The van der Waals surface area contributed by atoms with Crippen LogP contribution < -0.4 is 0 Å². The molecule has 74 valence electrons. The van der Waals surface area contributed by atoms with Gasteiger partial charge in [0.15, 0.2) is 0 Å². The van der Waals surface area contributed by atoms with Crippen molar-refractivity contribution in [2.75, 3.05) is 0 Å². The fraction of sp³-hybridized carbons (Fsp3) is 1.00. The molecule has 0 heterocycles. The Labute approximate surface area is 79.8 Å². The molecule has 0 aromatic heterocycles. The van der Waals surface area contributed by atoms with Gasteiger partial charge < -0.3 is 0 Å². The van der Waals surface area contributed by atoms with E-state index in [-0.39, 0.29) is 0 Å². The van der Waals surface area contributed by atoms with Gasteiger partial charge in [0.05, 0.1) is 0 Å². The molecule has 0 N–H and O–H groups in total. The highest BCUT2D eigenvalue weighted by atomic mass is 28.3. The molecule has 0 aromatic rings. The molecule has 0 aliphatic heterocycles. The van der Waals surface area contributed by atoms with Gasteiger partial charge >= 0.3 is 0 Å². The fourth-order valence-electron chi connectivity index (χ4n) is 1.31. The molecule has 0 aliphatic carbocycles. The Morgan fingerprint density at radius 3 is 1.75 bits per heavy atom. The first-order valence-electron chi connectivity index (χ1n) is 5.21. The molecule has 0 fully saturated rings. The van der Waals surface area contributed by atoms with E-state index in [1.165, 1.54) is 25.3 Å². The van der Waals surface area contributed by atoms with Gasteiger partial charge in [-0.15, -0.1) is 0 Å². The zero-order valence-corrected chi connectivity index (χ0v) is 10.8. The highest BCUT2D eigenvalue weighted by molar-refractivity contribution is 6.76. The Morgan fingerprint density at radius 1 is 0.917 bits per heavy atom.